The molecular formula is C29H41N3O3. The van der Waals surface area contributed by atoms with Crippen LogP contribution in [0.5, 0.6) is 5.88 Å². The summed E-state index contributed by atoms with van der Waals surface area (Å²) in [5.74, 6) is 1.12. The number of aryl methyl sites for hydroxylation is 1. The molecule has 1 aliphatic carbocycles. The van der Waals surface area contributed by atoms with E-state index in [2.05, 4.69) is 42.9 Å². The Morgan fingerprint density at radius 3 is 2.54 bits per heavy atom. The van der Waals surface area contributed by atoms with Crippen molar-refractivity contribution in [2.75, 3.05) is 33.3 Å². The predicted octanol–water partition coefficient (Wildman–Crippen LogP) is 4.79. The molecule has 35 heavy (non-hydrogen) atoms. The minimum absolute atomic E-state index is 0.0774. The predicted molar refractivity (Wildman–Crippen MR) is 140 cm³/mol. The van der Waals surface area contributed by atoms with E-state index in [-0.39, 0.29) is 30.6 Å². The van der Waals surface area contributed by atoms with Crippen molar-refractivity contribution in [1.29, 1.82) is 0 Å². The van der Waals surface area contributed by atoms with E-state index in [1.54, 1.807) is 11.1 Å². The number of nitrogens with zero attached hydrogens (tertiary/aromatic N) is 3. The molecule has 0 saturated heterocycles. The highest BCUT2D eigenvalue weighted by molar-refractivity contribution is 5.98. The first-order chi connectivity index (χ1) is 16.9. The number of hydrogen-bond acceptors (Lipinski definition) is 5. The molecular weight excluding hydrogens is 438 g/mol. The number of fused-ring (bicyclic) bond motifs is 1. The van der Waals surface area contributed by atoms with Gasteiger partial charge in [0.15, 0.2) is 0 Å². The fourth-order valence-electron chi connectivity index (χ4n) is 5.42. The van der Waals surface area contributed by atoms with Crippen molar-refractivity contribution in [3.8, 4) is 17.0 Å². The Bertz CT molecular complexity index is 987. The van der Waals surface area contributed by atoms with Gasteiger partial charge in [-0.1, -0.05) is 56.0 Å². The fraction of sp³-hybridized carbons (Fsp3) is 0.586. The summed E-state index contributed by atoms with van der Waals surface area (Å²) in [6.45, 7) is 8.41. The zero-order chi connectivity index (χ0) is 24.9. The van der Waals surface area contributed by atoms with E-state index in [0.717, 1.165) is 30.1 Å². The Morgan fingerprint density at radius 2 is 1.86 bits per heavy atom. The van der Waals surface area contributed by atoms with E-state index in [0.29, 0.717) is 18.0 Å². The van der Waals surface area contributed by atoms with Crippen molar-refractivity contribution in [3.05, 3.63) is 47.7 Å². The molecule has 2 heterocycles. The van der Waals surface area contributed by atoms with Gasteiger partial charge in [0.1, 0.15) is 11.7 Å². The van der Waals surface area contributed by atoms with Crippen LogP contribution in [0.3, 0.4) is 0 Å². The highest BCUT2D eigenvalue weighted by Crippen LogP contribution is 2.31. The number of carbonyl (C=O) groups is 1. The molecule has 6 heteroatoms. The number of hydrogen-bond donors (Lipinski definition) is 1. The van der Waals surface area contributed by atoms with E-state index in [1.165, 1.54) is 37.7 Å². The molecule has 1 aromatic heterocycles. The Hall–Kier alpha value is -2.44. The number of aliphatic hydroxyl groups excluding tert-OH is 1. The average Bonchev–Trinajstić information content (AvgIpc) is 2.86. The maximum Gasteiger partial charge on any atom is 0.259 e. The van der Waals surface area contributed by atoms with Crippen LogP contribution in [0, 0.1) is 18.8 Å². The van der Waals surface area contributed by atoms with Crippen molar-refractivity contribution < 1.29 is 14.6 Å². The fourth-order valence-corrected chi connectivity index (χ4v) is 5.42. The van der Waals surface area contributed by atoms with Crippen LogP contribution in [0.4, 0.5) is 0 Å². The van der Waals surface area contributed by atoms with Gasteiger partial charge in [-0.25, -0.2) is 4.98 Å². The largest absolute Gasteiger partial charge is 0.472 e. The zero-order valence-corrected chi connectivity index (χ0v) is 21.7. The lowest BCUT2D eigenvalue weighted by atomic mass is 9.89. The third-order valence-corrected chi connectivity index (χ3v) is 7.69. The van der Waals surface area contributed by atoms with Crippen LogP contribution in [0.25, 0.3) is 11.1 Å². The van der Waals surface area contributed by atoms with E-state index < -0.39 is 0 Å². The molecule has 1 saturated carbocycles. The van der Waals surface area contributed by atoms with Crippen LogP contribution in [-0.2, 0) is 0 Å². The number of aliphatic hydroxyl groups is 1. The molecule has 0 unspecified atom stereocenters. The Kier molecular flexibility index (Phi) is 8.45. The van der Waals surface area contributed by atoms with Crippen LogP contribution < -0.4 is 4.74 Å². The smallest absolute Gasteiger partial charge is 0.259 e. The molecule has 2 aliphatic rings. The molecule has 1 fully saturated rings. The van der Waals surface area contributed by atoms with E-state index >= 15 is 0 Å². The molecule has 1 N–H and O–H groups in total. The van der Waals surface area contributed by atoms with Gasteiger partial charge < -0.3 is 19.6 Å². The van der Waals surface area contributed by atoms with Crippen molar-refractivity contribution in [1.82, 2.24) is 14.8 Å². The van der Waals surface area contributed by atoms with Gasteiger partial charge in [0.25, 0.3) is 5.91 Å². The van der Waals surface area contributed by atoms with Gasteiger partial charge in [-0.3, -0.25) is 4.79 Å². The molecule has 0 radical (unpaired) electrons. The number of pyridine rings is 1. The van der Waals surface area contributed by atoms with E-state index in [1.807, 2.05) is 25.1 Å². The average molecular weight is 480 g/mol. The molecule has 4 rings (SSSR count). The SMILES string of the molecule is Cc1ccc(-c2cnc3c(c2)C(=O)N([C@@H](C)CO)C[C@@H](C)[C@H](CN(C)CC2CCCCC2)O3)cc1. The topological polar surface area (TPSA) is 65.9 Å². The molecule has 1 aliphatic heterocycles. The van der Waals surface area contributed by atoms with E-state index in [4.69, 9.17) is 4.74 Å². The first kappa shape index (κ1) is 25.6. The molecule has 1 amide bonds. The van der Waals surface area contributed by atoms with Gasteiger partial charge in [0.2, 0.25) is 5.88 Å². The third kappa shape index (κ3) is 6.22. The van der Waals surface area contributed by atoms with E-state index in [9.17, 15) is 9.90 Å². The minimum Gasteiger partial charge on any atom is -0.472 e. The summed E-state index contributed by atoms with van der Waals surface area (Å²) in [7, 11) is 2.18. The number of rotatable bonds is 7. The van der Waals surface area contributed by atoms with Crippen LogP contribution in [-0.4, -0.2) is 71.2 Å². The van der Waals surface area contributed by atoms with Crippen molar-refractivity contribution in [2.45, 2.75) is 65.0 Å². The van der Waals surface area contributed by atoms with Crippen molar-refractivity contribution in [3.63, 3.8) is 0 Å². The van der Waals surface area contributed by atoms with Gasteiger partial charge in [-0.05, 0) is 51.3 Å². The minimum atomic E-state index is -0.278. The second kappa shape index (κ2) is 11.5. The third-order valence-electron chi connectivity index (χ3n) is 7.69. The van der Waals surface area contributed by atoms with Gasteiger partial charge in [-0.2, -0.15) is 0 Å². The standard InChI is InChI=1S/C29H41N3O3/c1-20-10-12-24(13-11-20)25-14-26-28(30-15-25)35-27(18-31(4)17-23-8-6-5-7-9-23)21(2)16-32(29(26)34)22(3)19-33/h10-15,21-23,27,33H,5-9,16-19H2,1-4H3/t21-,22+,27+/m1/s1. The lowest BCUT2D eigenvalue weighted by molar-refractivity contribution is 0.0314. The number of likely N-dealkylation sites (N-methyl/N-ethyl adjacent to an activating group) is 1. The summed E-state index contributed by atoms with van der Waals surface area (Å²) in [4.78, 5) is 22.5. The summed E-state index contributed by atoms with van der Waals surface area (Å²) < 4.78 is 6.49. The zero-order valence-electron chi connectivity index (χ0n) is 21.7. The summed E-state index contributed by atoms with van der Waals surface area (Å²) in [5.41, 5.74) is 3.55. The molecule has 0 spiro atoms. The number of ether oxygens (including phenoxy) is 1. The summed E-state index contributed by atoms with van der Waals surface area (Å²) >= 11 is 0. The lowest BCUT2D eigenvalue weighted by Crippen LogP contribution is -2.50. The highest BCUT2D eigenvalue weighted by atomic mass is 16.5. The van der Waals surface area contributed by atoms with Gasteiger partial charge in [0.05, 0.1) is 12.6 Å². The number of amides is 1. The van der Waals surface area contributed by atoms with Crippen LogP contribution >= 0.6 is 0 Å². The van der Waals surface area contributed by atoms with Crippen LogP contribution in [0.15, 0.2) is 36.5 Å². The van der Waals surface area contributed by atoms with Crippen molar-refractivity contribution in [2.24, 2.45) is 11.8 Å². The maximum atomic E-state index is 13.6. The monoisotopic (exact) mass is 479 g/mol. The lowest BCUT2D eigenvalue weighted by Gasteiger charge is -2.38. The number of aromatic nitrogens is 1. The molecule has 6 nitrogen and oxygen atoms in total. The molecule has 1 aromatic carbocycles. The highest BCUT2D eigenvalue weighted by Gasteiger charge is 2.34. The molecule has 0 bridgehead atoms. The van der Waals surface area contributed by atoms with Crippen LogP contribution in [0.2, 0.25) is 0 Å². The Balaban J connectivity index is 1.62. The summed E-state index contributed by atoms with van der Waals surface area (Å²) in [5, 5.41) is 9.90. The Morgan fingerprint density at radius 1 is 1.14 bits per heavy atom. The molecule has 2 aromatic rings. The summed E-state index contributed by atoms with van der Waals surface area (Å²) in [6.07, 6.45) is 8.37. The normalized spacial score (nSPS) is 22.3. The Labute approximate surface area is 210 Å². The second-order valence-corrected chi connectivity index (χ2v) is 10.8. The van der Waals surface area contributed by atoms with Gasteiger partial charge >= 0.3 is 0 Å². The molecule has 190 valence electrons. The van der Waals surface area contributed by atoms with Gasteiger partial charge in [-0.15, -0.1) is 0 Å². The van der Waals surface area contributed by atoms with Gasteiger partial charge in [0, 0.05) is 37.3 Å². The molecule has 3 atom stereocenters. The summed E-state index contributed by atoms with van der Waals surface area (Å²) in [6, 6.07) is 9.83. The van der Waals surface area contributed by atoms with Crippen molar-refractivity contribution >= 4 is 5.91 Å². The van der Waals surface area contributed by atoms with Crippen LogP contribution in [0.1, 0.15) is 61.9 Å². The first-order valence-electron chi connectivity index (χ1n) is 13.2. The second-order valence-electron chi connectivity index (χ2n) is 10.8. The number of carbonyl (C=O) groups excluding carboxylic acids is 1. The quantitative estimate of drug-likeness (QED) is 0.619. The first-order valence-corrected chi connectivity index (χ1v) is 13.2. The number of benzene rings is 1. The maximum absolute atomic E-state index is 13.6.